The number of hydrogen-bond donors (Lipinski definition) is 1. The smallest absolute Gasteiger partial charge is 0.126 e. The van der Waals surface area contributed by atoms with Crippen molar-refractivity contribution in [3.8, 4) is 0 Å². The zero-order valence-electron chi connectivity index (χ0n) is 11.4. The number of nitrogens with one attached hydrogen (secondary N) is 1. The van der Waals surface area contributed by atoms with E-state index in [0.717, 1.165) is 25.3 Å². The summed E-state index contributed by atoms with van der Waals surface area (Å²) >= 11 is 0. The van der Waals surface area contributed by atoms with Crippen LogP contribution >= 0.6 is 0 Å². The van der Waals surface area contributed by atoms with E-state index in [2.05, 4.69) is 11.4 Å². The van der Waals surface area contributed by atoms with Crippen LogP contribution in [-0.4, -0.2) is 7.05 Å². The number of benzene rings is 1. The molecule has 1 nitrogen and oxygen atoms in total. The molecule has 1 unspecified atom stereocenters. The minimum atomic E-state index is -0.512. The molecule has 1 aromatic rings. The van der Waals surface area contributed by atoms with Crippen LogP contribution in [-0.2, 0) is 0 Å². The molecule has 19 heavy (non-hydrogen) atoms. The molecule has 0 saturated heterocycles. The summed E-state index contributed by atoms with van der Waals surface area (Å²) in [4.78, 5) is 0. The Morgan fingerprint density at radius 1 is 1.00 bits per heavy atom. The maximum atomic E-state index is 13.3. The first-order valence-electron chi connectivity index (χ1n) is 7.03. The molecule has 0 radical (unpaired) electrons. The molecule has 1 aliphatic carbocycles. The van der Waals surface area contributed by atoms with E-state index in [1.54, 1.807) is 0 Å². The largest absolute Gasteiger partial charge is 0.310 e. The van der Waals surface area contributed by atoms with Crippen LogP contribution in [0.5, 0.6) is 0 Å². The fourth-order valence-electron chi connectivity index (χ4n) is 2.79. The normalized spacial score (nSPS) is 21.1. The summed E-state index contributed by atoms with van der Waals surface area (Å²) < 4.78 is 26.7. The maximum absolute atomic E-state index is 13.3. The van der Waals surface area contributed by atoms with Gasteiger partial charge in [-0.05, 0) is 50.4 Å². The average Bonchev–Trinajstić information content (AvgIpc) is 2.31. The summed E-state index contributed by atoms with van der Waals surface area (Å²) in [5.41, 5.74) is 1.93. The first-order chi connectivity index (χ1) is 9.20. The van der Waals surface area contributed by atoms with Crippen molar-refractivity contribution in [1.29, 1.82) is 0 Å². The molecule has 104 valence electrons. The first kappa shape index (κ1) is 14.2. The maximum Gasteiger partial charge on any atom is 0.126 e. The highest BCUT2D eigenvalue weighted by Crippen LogP contribution is 2.29. The standard InChI is InChI=1S/C16H21F2N/c1-19-16(12-7-5-3-2-4-6-8-12)13-9-14(17)11-15(18)10-13/h7,9-11,16,19H,2-6,8H2,1H3/b12-7+. The minimum Gasteiger partial charge on any atom is -0.310 e. The highest BCUT2D eigenvalue weighted by Gasteiger charge is 2.17. The van der Waals surface area contributed by atoms with Crippen molar-refractivity contribution in [3.63, 3.8) is 0 Å². The molecule has 1 atom stereocenters. The SMILES string of the molecule is CNC(/C1=C/CCCCCC1)c1cc(F)cc(F)c1. The van der Waals surface area contributed by atoms with Crippen molar-refractivity contribution in [3.05, 3.63) is 47.0 Å². The summed E-state index contributed by atoms with van der Waals surface area (Å²) in [6, 6.07) is 3.68. The van der Waals surface area contributed by atoms with Gasteiger partial charge in [0.05, 0.1) is 6.04 Å². The van der Waals surface area contributed by atoms with E-state index in [4.69, 9.17) is 0 Å². The molecule has 1 aromatic carbocycles. The van der Waals surface area contributed by atoms with Gasteiger partial charge in [-0.1, -0.05) is 24.5 Å². The molecular formula is C16H21F2N. The van der Waals surface area contributed by atoms with Gasteiger partial charge in [0.25, 0.3) is 0 Å². The molecule has 0 amide bonds. The molecule has 0 fully saturated rings. The lowest BCUT2D eigenvalue weighted by Gasteiger charge is -2.22. The number of rotatable bonds is 3. The Morgan fingerprint density at radius 3 is 2.37 bits per heavy atom. The van der Waals surface area contributed by atoms with E-state index in [1.165, 1.54) is 37.0 Å². The fraction of sp³-hybridized carbons (Fsp3) is 0.500. The van der Waals surface area contributed by atoms with E-state index in [-0.39, 0.29) is 6.04 Å². The molecule has 0 bridgehead atoms. The molecule has 0 spiro atoms. The van der Waals surface area contributed by atoms with Crippen molar-refractivity contribution in [2.45, 2.75) is 44.6 Å². The molecule has 1 aliphatic rings. The topological polar surface area (TPSA) is 12.0 Å². The predicted octanol–water partition coefficient (Wildman–Crippen LogP) is 4.51. The van der Waals surface area contributed by atoms with Crippen molar-refractivity contribution >= 4 is 0 Å². The lowest BCUT2D eigenvalue weighted by Crippen LogP contribution is -2.19. The van der Waals surface area contributed by atoms with Gasteiger partial charge in [-0.15, -0.1) is 0 Å². The highest BCUT2D eigenvalue weighted by molar-refractivity contribution is 5.29. The van der Waals surface area contributed by atoms with Crippen LogP contribution < -0.4 is 5.32 Å². The third-order valence-corrected chi connectivity index (χ3v) is 3.70. The Kier molecular flexibility index (Phi) is 5.08. The molecule has 3 heteroatoms. The van der Waals surface area contributed by atoms with E-state index in [0.29, 0.717) is 5.56 Å². The Bertz CT molecular complexity index is 434. The number of halogens is 2. The fourth-order valence-corrected chi connectivity index (χ4v) is 2.79. The van der Waals surface area contributed by atoms with Gasteiger partial charge < -0.3 is 5.32 Å². The van der Waals surface area contributed by atoms with Gasteiger partial charge in [0.1, 0.15) is 11.6 Å². The summed E-state index contributed by atoms with van der Waals surface area (Å²) in [5, 5.41) is 3.19. The second kappa shape index (κ2) is 6.80. The van der Waals surface area contributed by atoms with E-state index in [1.807, 2.05) is 7.05 Å². The number of likely N-dealkylation sites (N-methyl/N-ethyl adjacent to an activating group) is 1. The second-order valence-corrected chi connectivity index (χ2v) is 5.16. The third-order valence-electron chi connectivity index (χ3n) is 3.70. The Morgan fingerprint density at radius 2 is 1.68 bits per heavy atom. The summed E-state index contributed by atoms with van der Waals surface area (Å²) in [6.45, 7) is 0. The molecule has 0 saturated carbocycles. The average molecular weight is 265 g/mol. The van der Waals surface area contributed by atoms with E-state index >= 15 is 0 Å². The lowest BCUT2D eigenvalue weighted by atomic mass is 9.91. The lowest BCUT2D eigenvalue weighted by molar-refractivity contribution is 0.553. The molecule has 0 heterocycles. The van der Waals surface area contributed by atoms with E-state index in [9.17, 15) is 8.78 Å². The molecule has 2 rings (SSSR count). The Balaban J connectivity index is 2.26. The zero-order valence-corrected chi connectivity index (χ0v) is 11.4. The summed E-state index contributed by atoms with van der Waals surface area (Å²) in [7, 11) is 1.84. The van der Waals surface area contributed by atoms with Crippen molar-refractivity contribution in [2.75, 3.05) is 7.05 Å². The van der Waals surface area contributed by atoms with Gasteiger partial charge in [-0.25, -0.2) is 8.78 Å². The Labute approximate surface area is 113 Å². The number of hydrogen-bond acceptors (Lipinski definition) is 1. The predicted molar refractivity (Wildman–Crippen MR) is 73.9 cm³/mol. The van der Waals surface area contributed by atoms with Crippen LogP contribution in [0.25, 0.3) is 0 Å². The monoisotopic (exact) mass is 265 g/mol. The second-order valence-electron chi connectivity index (χ2n) is 5.16. The van der Waals surface area contributed by atoms with Gasteiger partial charge in [0.2, 0.25) is 0 Å². The summed E-state index contributed by atoms with van der Waals surface area (Å²) in [5.74, 6) is -1.02. The molecule has 1 N–H and O–H groups in total. The Hall–Kier alpha value is -1.22. The first-order valence-corrected chi connectivity index (χ1v) is 7.03. The van der Waals surface area contributed by atoms with Gasteiger partial charge in [0.15, 0.2) is 0 Å². The molecule has 0 aromatic heterocycles. The zero-order chi connectivity index (χ0) is 13.7. The quantitative estimate of drug-likeness (QED) is 0.793. The highest BCUT2D eigenvalue weighted by atomic mass is 19.1. The van der Waals surface area contributed by atoms with Crippen LogP contribution in [0.2, 0.25) is 0 Å². The van der Waals surface area contributed by atoms with Crippen molar-refractivity contribution < 1.29 is 8.78 Å². The van der Waals surface area contributed by atoms with Crippen LogP contribution in [0.1, 0.15) is 50.1 Å². The van der Waals surface area contributed by atoms with Gasteiger partial charge in [0, 0.05) is 6.07 Å². The molecular weight excluding hydrogens is 244 g/mol. The van der Waals surface area contributed by atoms with Crippen LogP contribution in [0, 0.1) is 11.6 Å². The van der Waals surface area contributed by atoms with Crippen LogP contribution in [0.15, 0.2) is 29.8 Å². The summed E-state index contributed by atoms with van der Waals surface area (Å²) in [6.07, 6.45) is 9.19. The minimum absolute atomic E-state index is 0.0803. The van der Waals surface area contributed by atoms with Crippen LogP contribution in [0.3, 0.4) is 0 Å². The van der Waals surface area contributed by atoms with Crippen molar-refractivity contribution in [1.82, 2.24) is 5.32 Å². The van der Waals surface area contributed by atoms with Crippen molar-refractivity contribution in [2.24, 2.45) is 0 Å². The van der Waals surface area contributed by atoms with Crippen LogP contribution in [0.4, 0.5) is 8.78 Å². The van der Waals surface area contributed by atoms with Gasteiger partial charge in [-0.3, -0.25) is 0 Å². The number of allylic oxidation sites excluding steroid dienone is 1. The van der Waals surface area contributed by atoms with Gasteiger partial charge >= 0.3 is 0 Å². The van der Waals surface area contributed by atoms with Gasteiger partial charge in [-0.2, -0.15) is 0 Å². The third kappa shape index (κ3) is 3.87. The van der Waals surface area contributed by atoms with E-state index < -0.39 is 11.6 Å². The molecule has 0 aliphatic heterocycles.